The van der Waals surface area contributed by atoms with Crippen LogP contribution >= 0.6 is 15.9 Å². The smallest absolute Gasteiger partial charge is 0.266 e. The predicted octanol–water partition coefficient (Wildman–Crippen LogP) is 2.91. The minimum atomic E-state index is -3.90. The van der Waals surface area contributed by atoms with Gasteiger partial charge in [-0.2, -0.15) is 18.9 Å². The largest absolute Gasteiger partial charge is 0.296 e. The van der Waals surface area contributed by atoms with Gasteiger partial charge in [0.05, 0.1) is 23.6 Å². The van der Waals surface area contributed by atoms with Crippen LogP contribution < -0.4 is 0 Å². The topological polar surface area (TPSA) is 90.9 Å². The maximum absolute atomic E-state index is 12.1. The number of halogens is 1. The molecule has 0 saturated heterocycles. The van der Waals surface area contributed by atoms with Gasteiger partial charge in [-0.25, -0.2) is 0 Å². The summed E-state index contributed by atoms with van der Waals surface area (Å²) in [5.74, 6) is 0. The highest BCUT2D eigenvalue weighted by Gasteiger charge is 2.32. The lowest BCUT2D eigenvalue weighted by Crippen LogP contribution is -2.29. The van der Waals surface area contributed by atoms with E-state index in [4.69, 9.17) is 14.7 Å². The number of hydrogen-bond acceptors (Lipinski definition) is 5. The molecule has 0 aliphatic rings. The van der Waals surface area contributed by atoms with Gasteiger partial charge < -0.3 is 0 Å². The molecule has 0 radical (unpaired) electrons. The minimum Gasteiger partial charge on any atom is -0.266 e. The fourth-order valence-corrected chi connectivity index (χ4v) is 3.18. The zero-order chi connectivity index (χ0) is 15.9. The third kappa shape index (κ3) is 4.82. The minimum absolute atomic E-state index is 0.0369. The summed E-state index contributed by atoms with van der Waals surface area (Å²) in [6.07, 6.45) is 0.0739. The molecule has 112 valence electrons. The maximum atomic E-state index is 12.1. The Morgan fingerprint density at radius 2 is 1.71 bits per heavy atom. The van der Waals surface area contributed by atoms with Gasteiger partial charge in [-0.05, 0) is 19.1 Å². The molecule has 1 aromatic carbocycles. The Hall–Kier alpha value is -1.41. The van der Waals surface area contributed by atoms with Crippen LogP contribution in [0.25, 0.3) is 0 Å². The highest BCUT2D eigenvalue weighted by atomic mass is 79.9. The zero-order valence-electron chi connectivity index (χ0n) is 11.5. The van der Waals surface area contributed by atoms with Crippen molar-refractivity contribution in [1.82, 2.24) is 0 Å². The molecular formula is C14H15BrN2O3S. The molecule has 0 spiro atoms. The van der Waals surface area contributed by atoms with Gasteiger partial charge in [0.2, 0.25) is 0 Å². The molecule has 0 N–H and O–H groups in total. The Labute approximate surface area is 133 Å². The number of aryl methyl sites for hydroxylation is 1. The van der Waals surface area contributed by atoms with Crippen molar-refractivity contribution in [2.45, 2.75) is 24.7 Å². The molecule has 0 heterocycles. The molecule has 0 unspecified atom stereocenters. The van der Waals surface area contributed by atoms with Gasteiger partial charge in [0.25, 0.3) is 10.1 Å². The number of nitrogens with zero attached hydrogens (tertiary/aromatic N) is 2. The second-order valence-electron chi connectivity index (χ2n) is 4.83. The summed E-state index contributed by atoms with van der Waals surface area (Å²) in [4.78, 5) is 0.0606. The lowest BCUT2D eigenvalue weighted by atomic mass is 9.85. The predicted molar refractivity (Wildman–Crippen MR) is 81.0 cm³/mol. The summed E-state index contributed by atoms with van der Waals surface area (Å²) < 4.78 is 29.3. The standard InChI is InChI=1S/C14H15BrN2O3S/c1-12-2-4-13(5-3-12)21(18,19)20-11-14(10-15,6-8-16)7-9-17/h2-5H,6-7,10-11H2,1H3. The summed E-state index contributed by atoms with van der Waals surface area (Å²) >= 11 is 3.23. The fraction of sp³-hybridized carbons (Fsp3) is 0.429. The molecular weight excluding hydrogens is 356 g/mol. The first-order chi connectivity index (χ1) is 9.89. The van der Waals surface area contributed by atoms with Gasteiger partial charge in [0.1, 0.15) is 0 Å². The molecule has 5 nitrogen and oxygen atoms in total. The van der Waals surface area contributed by atoms with Crippen molar-refractivity contribution in [3.8, 4) is 12.1 Å². The first-order valence-electron chi connectivity index (χ1n) is 6.15. The van der Waals surface area contributed by atoms with Crippen molar-refractivity contribution in [3.05, 3.63) is 29.8 Å². The highest BCUT2D eigenvalue weighted by molar-refractivity contribution is 9.09. The molecule has 21 heavy (non-hydrogen) atoms. The van der Waals surface area contributed by atoms with Crippen LogP contribution in [0.4, 0.5) is 0 Å². The molecule has 0 amide bonds. The lowest BCUT2D eigenvalue weighted by molar-refractivity contribution is 0.181. The second-order valence-corrected chi connectivity index (χ2v) is 7.01. The van der Waals surface area contributed by atoms with Crippen LogP contribution in [0.3, 0.4) is 0 Å². The van der Waals surface area contributed by atoms with Crippen molar-refractivity contribution in [1.29, 1.82) is 10.5 Å². The van der Waals surface area contributed by atoms with Crippen LogP contribution in [0.1, 0.15) is 18.4 Å². The normalized spacial score (nSPS) is 11.6. The van der Waals surface area contributed by atoms with E-state index in [9.17, 15) is 8.42 Å². The van der Waals surface area contributed by atoms with E-state index in [0.29, 0.717) is 5.33 Å². The third-order valence-electron chi connectivity index (χ3n) is 3.02. The molecule has 0 saturated carbocycles. The van der Waals surface area contributed by atoms with E-state index in [1.807, 2.05) is 19.1 Å². The molecule has 0 aliphatic heterocycles. The first kappa shape index (κ1) is 17.6. The number of benzene rings is 1. The monoisotopic (exact) mass is 370 g/mol. The van der Waals surface area contributed by atoms with Crippen LogP contribution in [0.15, 0.2) is 29.2 Å². The van der Waals surface area contributed by atoms with E-state index in [-0.39, 0.29) is 24.3 Å². The Kier molecular flexibility index (Phi) is 6.35. The molecule has 7 heteroatoms. The van der Waals surface area contributed by atoms with Crippen molar-refractivity contribution in [2.24, 2.45) is 5.41 Å². The average molecular weight is 371 g/mol. The number of alkyl halides is 1. The van der Waals surface area contributed by atoms with Crippen LogP contribution in [-0.4, -0.2) is 20.4 Å². The van der Waals surface area contributed by atoms with E-state index in [1.54, 1.807) is 12.1 Å². The lowest BCUT2D eigenvalue weighted by Gasteiger charge is -2.25. The Morgan fingerprint density at radius 1 is 1.19 bits per heavy atom. The molecule has 1 aromatic rings. The Bertz CT molecular complexity index is 641. The second kappa shape index (κ2) is 7.56. The summed E-state index contributed by atoms with van der Waals surface area (Å²) in [5, 5.41) is 18.0. The van der Waals surface area contributed by atoms with Gasteiger partial charge in [0, 0.05) is 23.6 Å². The number of nitriles is 2. The molecule has 0 atom stereocenters. The van der Waals surface area contributed by atoms with E-state index >= 15 is 0 Å². The number of rotatable bonds is 7. The quantitative estimate of drug-likeness (QED) is 0.543. The SMILES string of the molecule is Cc1ccc(S(=O)(=O)OCC(CBr)(CC#N)CC#N)cc1. The molecule has 0 fully saturated rings. The molecule has 0 aliphatic carbocycles. The van der Waals surface area contributed by atoms with E-state index in [1.165, 1.54) is 12.1 Å². The van der Waals surface area contributed by atoms with Crippen LogP contribution in [-0.2, 0) is 14.3 Å². The average Bonchev–Trinajstić information content (AvgIpc) is 2.46. The third-order valence-corrected chi connectivity index (χ3v) is 5.49. The van der Waals surface area contributed by atoms with Gasteiger partial charge in [-0.3, -0.25) is 4.18 Å². The Morgan fingerprint density at radius 3 is 2.14 bits per heavy atom. The van der Waals surface area contributed by atoms with Crippen molar-refractivity contribution in [3.63, 3.8) is 0 Å². The van der Waals surface area contributed by atoms with Crippen LogP contribution in [0.2, 0.25) is 0 Å². The van der Waals surface area contributed by atoms with Gasteiger partial charge in [0.15, 0.2) is 0 Å². The van der Waals surface area contributed by atoms with Crippen molar-refractivity contribution < 1.29 is 12.6 Å². The maximum Gasteiger partial charge on any atom is 0.296 e. The van der Waals surface area contributed by atoms with Crippen molar-refractivity contribution >= 4 is 26.0 Å². The fourth-order valence-electron chi connectivity index (χ4n) is 1.61. The van der Waals surface area contributed by atoms with Crippen molar-refractivity contribution in [2.75, 3.05) is 11.9 Å². The van der Waals surface area contributed by atoms with E-state index in [0.717, 1.165) is 5.56 Å². The molecule has 1 rings (SSSR count). The summed E-state index contributed by atoms with van der Waals surface area (Å²) in [7, 11) is -3.90. The van der Waals surface area contributed by atoms with Gasteiger partial charge >= 0.3 is 0 Å². The van der Waals surface area contributed by atoms with E-state index in [2.05, 4.69) is 15.9 Å². The van der Waals surface area contributed by atoms with Crippen LogP contribution in [0.5, 0.6) is 0 Å². The van der Waals surface area contributed by atoms with Crippen LogP contribution in [0, 0.1) is 35.0 Å². The highest BCUT2D eigenvalue weighted by Crippen LogP contribution is 2.30. The molecule has 0 aromatic heterocycles. The summed E-state index contributed by atoms with van der Waals surface area (Å²) in [6, 6.07) is 10.2. The van der Waals surface area contributed by atoms with Gasteiger partial charge in [-0.1, -0.05) is 33.6 Å². The Balaban J connectivity index is 2.91. The number of hydrogen-bond donors (Lipinski definition) is 0. The van der Waals surface area contributed by atoms with E-state index < -0.39 is 15.5 Å². The summed E-state index contributed by atoms with van der Waals surface area (Å²) in [6.45, 7) is 1.64. The first-order valence-corrected chi connectivity index (χ1v) is 8.68. The van der Waals surface area contributed by atoms with Gasteiger partial charge in [-0.15, -0.1) is 0 Å². The molecule has 0 bridgehead atoms. The zero-order valence-corrected chi connectivity index (χ0v) is 13.9. The summed E-state index contributed by atoms with van der Waals surface area (Å²) in [5.41, 5.74) is 0.110.